The van der Waals surface area contributed by atoms with Crippen LogP contribution in [0.3, 0.4) is 0 Å². The van der Waals surface area contributed by atoms with Gasteiger partial charge in [-0.25, -0.2) is 8.42 Å². The van der Waals surface area contributed by atoms with E-state index in [4.69, 9.17) is 0 Å². The normalized spacial score (nSPS) is 27.5. The zero-order valence-corrected chi connectivity index (χ0v) is 13.3. The van der Waals surface area contributed by atoms with E-state index >= 15 is 0 Å². The summed E-state index contributed by atoms with van der Waals surface area (Å²) >= 11 is 0. The Kier molecular flexibility index (Phi) is 4.12. The van der Waals surface area contributed by atoms with Crippen molar-refractivity contribution in [1.82, 2.24) is 8.87 Å². The summed E-state index contributed by atoms with van der Waals surface area (Å²) < 4.78 is 29.3. The molecule has 0 aromatic carbocycles. The van der Waals surface area contributed by atoms with Crippen LogP contribution in [0.1, 0.15) is 44.2 Å². The Morgan fingerprint density at radius 2 is 1.95 bits per heavy atom. The lowest BCUT2D eigenvalue weighted by molar-refractivity contribution is 0.129. The topological polar surface area (TPSA) is 62.5 Å². The molecule has 0 unspecified atom stereocenters. The molecule has 0 amide bonds. The van der Waals surface area contributed by atoms with Crippen LogP contribution in [0.15, 0.2) is 17.2 Å². The molecule has 1 saturated carbocycles. The monoisotopic (exact) mass is 312 g/mol. The molecule has 1 aromatic rings. The fraction of sp³-hybridized carbons (Fsp3) is 0.733. The van der Waals surface area contributed by atoms with Crippen molar-refractivity contribution < 1.29 is 13.5 Å². The maximum Gasteiger partial charge on any atom is 0.244 e. The maximum absolute atomic E-state index is 13.0. The molecule has 2 aliphatic rings. The molecule has 1 aliphatic heterocycles. The van der Waals surface area contributed by atoms with E-state index in [2.05, 4.69) is 0 Å². The second-order valence-electron chi connectivity index (χ2n) is 6.31. The zero-order chi connectivity index (χ0) is 15.0. The van der Waals surface area contributed by atoms with Gasteiger partial charge in [-0.3, -0.25) is 0 Å². The molecule has 2 atom stereocenters. The Labute approximate surface area is 126 Å². The molecule has 0 radical (unpaired) electrons. The molecule has 0 bridgehead atoms. The van der Waals surface area contributed by atoms with Crippen LogP contribution in [0.5, 0.6) is 0 Å². The van der Waals surface area contributed by atoms with Gasteiger partial charge in [0.2, 0.25) is 10.0 Å². The number of aromatic nitrogens is 1. The van der Waals surface area contributed by atoms with Crippen molar-refractivity contribution in [2.75, 3.05) is 6.54 Å². The molecule has 21 heavy (non-hydrogen) atoms. The molecule has 3 rings (SSSR count). The standard InChI is InChI=1S/C15H24N2O3S/c1-16-10-14(9-13(16)11-18)21(19,20)17-8-4-6-12-5-2-3-7-15(12)17/h9-10,12,15,18H,2-8,11H2,1H3/t12-,15-/m1/s1. The number of aliphatic hydroxyl groups excluding tert-OH is 1. The van der Waals surface area contributed by atoms with Gasteiger partial charge in [0.05, 0.1) is 6.61 Å². The van der Waals surface area contributed by atoms with Gasteiger partial charge in [0.15, 0.2) is 0 Å². The first-order valence-electron chi connectivity index (χ1n) is 7.82. The van der Waals surface area contributed by atoms with Crippen molar-refractivity contribution >= 4 is 10.0 Å². The number of rotatable bonds is 3. The quantitative estimate of drug-likeness (QED) is 0.926. The third-order valence-electron chi connectivity index (χ3n) is 5.04. The fourth-order valence-corrected chi connectivity index (χ4v) is 5.74. The van der Waals surface area contributed by atoms with Crippen LogP contribution in [0, 0.1) is 5.92 Å². The predicted molar refractivity (Wildman–Crippen MR) is 80.2 cm³/mol. The minimum atomic E-state index is -3.44. The van der Waals surface area contributed by atoms with Crippen molar-refractivity contribution in [2.24, 2.45) is 13.0 Å². The minimum Gasteiger partial charge on any atom is -0.390 e. The van der Waals surface area contributed by atoms with Crippen molar-refractivity contribution in [3.8, 4) is 0 Å². The lowest BCUT2D eigenvalue weighted by atomic mass is 9.79. The number of nitrogens with zero attached hydrogens (tertiary/aromatic N) is 2. The van der Waals surface area contributed by atoms with Crippen molar-refractivity contribution in [1.29, 1.82) is 0 Å². The second-order valence-corrected chi connectivity index (χ2v) is 8.20. The van der Waals surface area contributed by atoms with Gasteiger partial charge in [0.1, 0.15) is 4.90 Å². The van der Waals surface area contributed by atoms with E-state index in [1.807, 2.05) is 0 Å². The first kappa shape index (κ1) is 15.1. The van der Waals surface area contributed by atoms with Gasteiger partial charge in [0, 0.05) is 31.5 Å². The third kappa shape index (κ3) is 2.64. The highest BCUT2D eigenvalue weighted by Gasteiger charge is 2.40. The summed E-state index contributed by atoms with van der Waals surface area (Å²) in [5.74, 6) is 0.531. The number of hydrogen-bond donors (Lipinski definition) is 1. The summed E-state index contributed by atoms with van der Waals surface area (Å²) in [7, 11) is -1.67. The molecular formula is C15H24N2O3S. The van der Waals surface area contributed by atoms with E-state index in [9.17, 15) is 13.5 Å². The molecule has 5 nitrogen and oxygen atoms in total. The van der Waals surface area contributed by atoms with Crippen LogP contribution >= 0.6 is 0 Å². The summed E-state index contributed by atoms with van der Waals surface area (Å²) in [6.07, 6.45) is 8.25. The number of aryl methyl sites for hydroxylation is 1. The Morgan fingerprint density at radius 3 is 2.67 bits per heavy atom. The molecule has 2 fully saturated rings. The first-order chi connectivity index (χ1) is 10.0. The average molecular weight is 312 g/mol. The SMILES string of the molecule is Cn1cc(S(=O)(=O)N2CCC[C@H]3CCCC[C@H]32)cc1CO. The van der Waals surface area contributed by atoms with Crippen molar-refractivity contribution in [2.45, 2.75) is 56.1 Å². The Bertz CT molecular complexity index is 606. The molecule has 1 aliphatic carbocycles. The van der Waals surface area contributed by atoms with Crippen LogP contribution in [-0.4, -0.2) is 35.0 Å². The van der Waals surface area contributed by atoms with E-state index in [0.717, 1.165) is 32.1 Å². The number of fused-ring (bicyclic) bond motifs is 1. The van der Waals surface area contributed by atoms with Crippen LogP contribution in [0.2, 0.25) is 0 Å². The van der Waals surface area contributed by atoms with E-state index in [-0.39, 0.29) is 12.6 Å². The van der Waals surface area contributed by atoms with Gasteiger partial charge in [0.25, 0.3) is 0 Å². The molecule has 118 valence electrons. The van der Waals surface area contributed by atoms with Gasteiger partial charge in [-0.2, -0.15) is 4.31 Å². The Balaban J connectivity index is 1.92. The molecule has 6 heteroatoms. The number of sulfonamides is 1. The van der Waals surface area contributed by atoms with Crippen LogP contribution in [-0.2, 0) is 23.7 Å². The van der Waals surface area contributed by atoms with E-state index in [1.54, 1.807) is 28.2 Å². The Morgan fingerprint density at radius 1 is 1.24 bits per heavy atom. The summed E-state index contributed by atoms with van der Waals surface area (Å²) in [6.45, 7) is 0.491. The number of hydrogen-bond acceptors (Lipinski definition) is 3. The smallest absolute Gasteiger partial charge is 0.244 e. The highest BCUT2D eigenvalue weighted by Crippen LogP contribution is 2.38. The van der Waals surface area contributed by atoms with E-state index in [0.29, 0.717) is 23.1 Å². The second kappa shape index (κ2) is 5.74. The molecule has 1 saturated heterocycles. The van der Waals surface area contributed by atoms with Crippen molar-refractivity contribution in [3.63, 3.8) is 0 Å². The van der Waals surface area contributed by atoms with Gasteiger partial charge >= 0.3 is 0 Å². The highest BCUT2D eigenvalue weighted by molar-refractivity contribution is 7.89. The largest absolute Gasteiger partial charge is 0.390 e. The third-order valence-corrected chi connectivity index (χ3v) is 6.93. The molecule has 2 heterocycles. The van der Waals surface area contributed by atoms with Crippen LogP contribution in [0.4, 0.5) is 0 Å². The van der Waals surface area contributed by atoms with Gasteiger partial charge in [-0.05, 0) is 37.7 Å². The fourth-order valence-electron chi connectivity index (χ4n) is 3.89. The average Bonchev–Trinajstić information content (AvgIpc) is 2.88. The maximum atomic E-state index is 13.0. The lowest BCUT2D eigenvalue weighted by Gasteiger charge is -2.42. The van der Waals surface area contributed by atoms with Crippen LogP contribution in [0.25, 0.3) is 0 Å². The first-order valence-corrected chi connectivity index (χ1v) is 9.26. The molecular weight excluding hydrogens is 288 g/mol. The summed E-state index contributed by atoms with van der Waals surface area (Å²) in [5, 5.41) is 9.27. The van der Waals surface area contributed by atoms with Crippen LogP contribution < -0.4 is 0 Å². The highest BCUT2D eigenvalue weighted by atomic mass is 32.2. The van der Waals surface area contributed by atoms with Gasteiger partial charge < -0.3 is 9.67 Å². The summed E-state index contributed by atoms with van der Waals surface area (Å²) in [5.41, 5.74) is 0.630. The van der Waals surface area contributed by atoms with Gasteiger partial charge in [-0.1, -0.05) is 12.8 Å². The molecule has 1 aromatic heterocycles. The number of aliphatic hydroxyl groups is 1. The summed E-state index contributed by atoms with van der Waals surface area (Å²) in [4.78, 5) is 0.320. The van der Waals surface area contributed by atoms with E-state index < -0.39 is 10.0 Å². The Hall–Kier alpha value is -0.850. The lowest BCUT2D eigenvalue weighted by Crippen LogP contribution is -2.49. The minimum absolute atomic E-state index is 0.141. The number of piperidine rings is 1. The zero-order valence-electron chi connectivity index (χ0n) is 12.5. The summed E-state index contributed by atoms with van der Waals surface area (Å²) in [6, 6.07) is 1.78. The molecule has 1 N–H and O–H groups in total. The van der Waals surface area contributed by atoms with Gasteiger partial charge in [-0.15, -0.1) is 0 Å². The van der Waals surface area contributed by atoms with E-state index in [1.165, 1.54) is 6.42 Å². The van der Waals surface area contributed by atoms with Crippen molar-refractivity contribution in [3.05, 3.63) is 18.0 Å². The predicted octanol–water partition coefficient (Wildman–Crippen LogP) is 1.86. The molecule has 0 spiro atoms.